The number of carbonyl (C=O) groups excluding carboxylic acids is 4. The summed E-state index contributed by atoms with van der Waals surface area (Å²) in [6.45, 7) is 8.48. The minimum atomic E-state index is -2.11. The second kappa shape index (κ2) is 9.97. The van der Waals surface area contributed by atoms with Crippen LogP contribution in [0.5, 0.6) is 0 Å². The topological polar surface area (TPSA) is 166 Å². The Hall–Kier alpha value is -3.12. The van der Waals surface area contributed by atoms with Crippen LogP contribution in [0.25, 0.3) is 0 Å². The first-order chi connectivity index (χ1) is 19.5. The van der Waals surface area contributed by atoms with Gasteiger partial charge in [0.1, 0.15) is 30.0 Å². The molecule has 2 bridgehead atoms. The summed E-state index contributed by atoms with van der Waals surface area (Å²) in [6, 6.07) is 8.05. The summed E-state index contributed by atoms with van der Waals surface area (Å²) in [7, 11) is 0. The number of ether oxygens (including phenoxy) is 4. The summed E-state index contributed by atoms with van der Waals surface area (Å²) in [5, 5.41) is 36.2. The van der Waals surface area contributed by atoms with E-state index in [0.717, 1.165) is 0 Å². The SMILES string of the molecule is CC(=O)O[C@@H]1C[C@@]2(O)[C@@H](OC(=O)c3ccccc3)C3[C@]4(OC(C)=O)CO[C@H]4C[C@@H](O)[C@]3(C)C(=O)[C@H](O)C(=C1C)C2(C)C. The van der Waals surface area contributed by atoms with Gasteiger partial charge in [-0.25, -0.2) is 4.79 Å². The molecule has 3 aliphatic carbocycles. The van der Waals surface area contributed by atoms with Crippen LogP contribution in [-0.4, -0.2) is 87.3 Å². The maximum atomic E-state index is 14.5. The Morgan fingerprint density at radius 3 is 2.19 bits per heavy atom. The van der Waals surface area contributed by atoms with Crippen LogP contribution < -0.4 is 0 Å². The van der Waals surface area contributed by atoms with Crippen molar-refractivity contribution in [2.24, 2.45) is 16.7 Å². The standard InChI is InChI=1S/C31H38O11/c1-15-19(40-16(2)32)13-31(38)26(41-27(37)18-10-8-7-9-11-18)24-29(6,25(36)23(35)22(15)28(31,4)5)20(34)12-21-30(24,14-39-21)42-17(3)33/h7-11,19-21,23-24,26,34-35,38H,12-14H2,1-6H3/t19-,20-,21+,23-,24?,26+,29+,30+,31-/m1/s1. The summed E-state index contributed by atoms with van der Waals surface area (Å²) < 4.78 is 23.4. The van der Waals surface area contributed by atoms with Gasteiger partial charge in [0.25, 0.3) is 0 Å². The summed E-state index contributed by atoms with van der Waals surface area (Å²) in [6.07, 6.45) is -7.19. The molecule has 9 atom stereocenters. The fourth-order valence-electron chi connectivity index (χ4n) is 7.97. The summed E-state index contributed by atoms with van der Waals surface area (Å²) >= 11 is 0. The number of esters is 3. The second-order valence-electron chi connectivity index (χ2n) is 12.8. The number of hydrogen-bond acceptors (Lipinski definition) is 11. The highest BCUT2D eigenvalue weighted by Crippen LogP contribution is 2.64. The van der Waals surface area contributed by atoms with E-state index < -0.39 is 82.2 Å². The van der Waals surface area contributed by atoms with Crippen molar-refractivity contribution >= 4 is 23.7 Å². The Morgan fingerprint density at radius 2 is 1.64 bits per heavy atom. The number of fused-ring (bicyclic) bond motifs is 5. The molecule has 5 rings (SSSR count). The van der Waals surface area contributed by atoms with Gasteiger partial charge in [-0.1, -0.05) is 32.0 Å². The van der Waals surface area contributed by atoms with Crippen molar-refractivity contribution < 1.29 is 53.4 Å². The van der Waals surface area contributed by atoms with E-state index in [1.54, 1.807) is 39.0 Å². The first kappa shape index (κ1) is 30.3. The lowest BCUT2D eigenvalue weighted by atomic mass is 9.44. The van der Waals surface area contributed by atoms with Gasteiger partial charge in [-0.3, -0.25) is 14.4 Å². The first-order valence-corrected chi connectivity index (χ1v) is 14.1. The molecule has 0 aromatic heterocycles. The van der Waals surface area contributed by atoms with Gasteiger partial charge in [-0.15, -0.1) is 0 Å². The third-order valence-electron chi connectivity index (χ3n) is 10.2. The van der Waals surface area contributed by atoms with Crippen LogP contribution in [0.2, 0.25) is 0 Å². The normalized spacial score (nSPS) is 40.4. The largest absolute Gasteiger partial charge is 0.458 e. The van der Waals surface area contributed by atoms with Crippen LogP contribution >= 0.6 is 0 Å². The molecule has 1 saturated heterocycles. The number of carbonyl (C=O) groups is 4. The molecule has 0 amide bonds. The number of hydrogen-bond donors (Lipinski definition) is 3. The van der Waals surface area contributed by atoms with Crippen LogP contribution in [0, 0.1) is 16.7 Å². The monoisotopic (exact) mass is 586 g/mol. The molecule has 4 aliphatic rings. The highest BCUT2D eigenvalue weighted by molar-refractivity contribution is 5.94. The van der Waals surface area contributed by atoms with E-state index in [2.05, 4.69) is 0 Å². The Balaban J connectivity index is 1.82. The van der Waals surface area contributed by atoms with Gasteiger partial charge in [0, 0.05) is 32.1 Å². The van der Waals surface area contributed by atoms with Crippen molar-refractivity contribution in [1.29, 1.82) is 0 Å². The lowest BCUT2D eigenvalue weighted by Crippen LogP contribution is -2.81. The lowest BCUT2D eigenvalue weighted by molar-refractivity contribution is -0.345. The minimum absolute atomic E-state index is 0.103. The Labute approximate surface area is 243 Å². The average Bonchev–Trinajstić information content (AvgIpc) is 2.90. The minimum Gasteiger partial charge on any atom is -0.458 e. The number of aliphatic hydroxyl groups is 3. The maximum absolute atomic E-state index is 14.5. The fraction of sp³-hybridized carbons (Fsp3) is 0.613. The van der Waals surface area contributed by atoms with Gasteiger partial charge in [-0.2, -0.15) is 0 Å². The van der Waals surface area contributed by atoms with E-state index in [1.807, 2.05) is 0 Å². The zero-order valence-electron chi connectivity index (χ0n) is 24.6. The predicted octanol–water partition coefficient (Wildman–Crippen LogP) is 1.65. The highest BCUT2D eigenvalue weighted by Gasteiger charge is 2.78. The fourth-order valence-corrected chi connectivity index (χ4v) is 7.97. The van der Waals surface area contributed by atoms with E-state index in [-0.39, 0.29) is 30.6 Å². The van der Waals surface area contributed by atoms with Gasteiger partial charge in [0.2, 0.25) is 0 Å². The number of aliphatic hydroxyl groups excluding tert-OH is 2. The highest BCUT2D eigenvalue weighted by atomic mass is 16.6. The zero-order valence-corrected chi connectivity index (χ0v) is 24.6. The number of ketones is 1. The van der Waals surface area contributed by atoms with E-state index in [4.69, 9.17) is 18.9 Å². The third-order valence-corrected chi connectivity index (χ3v) is 10.2. The molecule has 1 aliphatic heterocycles. The quantitative estimate of drug-likeness (QED) is 0.267. The summed E-state index contributed by atoms with van der Waals surface area (Å²) in [5.41, 5.74) is -6.37. The van der Waals surface area contributed by atoms with Crippen molar-refractivity contribution in [1.82, 2.24) is 0 Å². The molecule has 1 unspecified atom stereocenters. The second-order valence-corrected chi connectivity index (χ2v) is 12.8. The molecule has 11 nitrogen and oxygen atoms in total. The molecule has 228 valence electrons. The first-order valence-electron chi connectivity index (χ1n) is 14.1. The summed E-state index contributed by atoms with van der Waals surface area (Å²) in [5.74, 6) is -4.35. The Bertz CT molecular complexity index is 1350. The van der Waals surface area contributed by atoms with Crippen LogP contribution in [0.3, 0.4) is 0 Å². The van der Waals surface area contributed by atoms with Crippen LogP contribution in [0.15, 0.2) is 41.5 Å². The van der Waals surface area contributed by atoms with Gasteiger partial charge < -0.3 is 34.3 Å². The summed E-state index contributed by atoms with van der Waals surface area (Å²) in [4.78, 5) is 52.9. The lowest BCUT2D eigenvalue weighted by Gasteiger charge is -2.67. The van der Waals surface area contributed by atoms with Crippen LogP contribution in [0.4, 0.5) is 0 Å². The molecule has 1 aromatic carbocycles. The molecule has 11 heteroatoms. The number of Topliss-reactive ketones (excluding diaryl/α,β-unsaturated/α-hetero) is 1. The molecule has 2 saturated carbocycles. The van der Waals surface area contributed by atoms with Crippen molar-refractivity contribution in [2.75, 3.05) is 6.61 Å². The van der Waals surface area contributed by atoms with Gasteiger partial charge in [-0.05, 0) is 37.1 Å². The number of benzene rings is 1. The third kappa shape index (κ3) is 4.08. The molecule has 3 N–H and O–H groups in total. The van der Waals surface area contributed by atoms with Crippen molar-refractivity contribution in [3.63, 3.8) is 0 Å². The van der Waals surface area contributed by atoms with E-state index in [0.29, 0.717) is 5.57 Å². The van der Waals surface area contributed by atoms with Crippen molar-refractivity contribution in [2.45, 2.75) is 96.1 Å². The smallest absolute Gasteiger partial charge is 0.338 e. The molecule has 1 aromatic rings. The van der Waals surface area contributed by atoms with Crippen molar-refractivity contribution in [3.05, 3.63) is 47.0 Å². The van der Waals surface area contributed by atoms with Crippen molar-refractivity contribution in [3.8, 4) is 0 Å². The number of rotatable bonds is 4. The molecule has 42 heavy (non-hydrogen) atoms. The molecule has 1 heterocycles. The zero-order chi connectivity index (χ0) is 31.0. The predicted molar refractivity (Wildman–Crippen MR) is 145 cm³/mol. The van der Waals surface area contributed by atoms with Crippen LogP contribution in [-0.2, 0) is 33.3 Å². The van der Waals surface area contributed by atoms with Gasteiger partial charge >= 0.3 is 17.9 Å². The molecular weight excluding hydrogens is 548 g/mol. The van der Waals surface area contributed by atoms with Gasteiger partial charge in [0.05, 0.1) is 29.6 Å². The maximum Gasteiger partial charge on any atom is 0.338 e. The van der Waals surface area contributed by atoms with E-state index in [1.165, 1.54) is 32.9 Å². The molecule has 3 fully saturated rings. The van der Waals surface area contributed by atoms with Gasteiger partial charge in [0.15, 0.2) is 11.4 Å². The Kier molecular flexibility index (Phi) is 7.20. The average molecular weight is 587 g/mol. The molecular formula is C31H38O11. The Morgan fingerprint density at radius 1 is 1.00 bits per heavy atom. The van der Waals surface area contributed by atoms with E-state index >= 15 is 0 Å². The van der Waals surface area contributed by atoms with Crippen LogP contribution in [0.1, 0.15) is 64.7 Å². The van der Waals surface area contributed by atoms with E-state index in [9.17, 15) is 34.5 Å². The molecule has 0 radical (unpaired) electrons. The molecule has 0 spiro atoms.